The molecule has 0 bridgehead atoms. The van der Waals surface area contributed by atoms with Gasteiger partial charge in [-0.2, -0.15) is 5.10 Å². The fourth-order valence-electron chi connectivity index (χ4n) is 2.63. The Kier molecular flexibility index (Phi) is 4.44. The van der Waals surface area contributed by atoms with Gasteiger partial charge in [0.15, 0.2) is 5.75 Å². The molecule has 19 heavy (non-hydrogen) atoms. The standard InChI is InChI=1S/C13H23N3O3/c1-4-16-12(11(18-3)8-15-16)13(2,17)7-10-9-19-6-5-14-10/h8,10,14,17H,4-7,9H2,1-3H3. The van der Waals surface area contributed by atoms with Crippen molar-refractivity contribution in [3.05, 3.63) is 11.9 Å². The van der Waals surface area contributed by atoms with E-state index in [0.29, 0.717) is 25.3 Å². The van der Waals surface area contributed by atoms with Crippen LogP contribution < -0.4 is 10.1 Å². The van der Waals surface area contributed by atoms with Gasteiger partial charge in [0.2, 0.25) is 0 Å². The average Bonchev–Trinajstić information content (AvgIpc) is 2.83. The van der Waals surface area contributed by atoms with Crippen molar-refractivity contribution >= 4 is 0 Å². The second-order valence-electron chi connectivity index (χ2n) is 5.08. The van der Waals surface area contributed by atoms with Gasteiger partial charge in [0.25, 0.3) is 0 Å². The van der Waals surface area contributed by atoms with Gasteiger partial charge < -0.3 is 19.9 Å². The minimum absolute atomic E-state index is 0.147. The van der Waals surface area contributed by atoms with E-state index < -0.39 is 5.60 Å². The lowest BCUT2D eigenvalue weighted by Gasteiger charge is -2.32. The fourth-order valence-corrected chi connectivity index (χ4v) is 2.63. The van der Waals surface area contributed by atoms with E-state index in [1.54, 1.807) is 24.9 Å². The molecule has 2 heterocycles. The Morgan fingerprint density at radius 1 is 1.68 bits per heavy atom. The van der Waals surface area contributed by atoms with Gasteiger partial charge in [0.1, 0.15) is 11.3 Å². The molecule has 1 saturated heterocycles. The van der Waals surface area contributed by atoms with E-state index in [0.717, 1.165) is 18.8 Å². The van der Waals surface area contributed by atoms with Crippen LogP contribution in [-0.4, -0.2) is 47.8 Å². The molecule has 1 fully saturated rings. The van der Waals surface area contributed by atoms with E-state index in [1.165, 1.54) is 0 Å². The molecule has 0 saturated carbocycles. The molecule has 1 aromatic heterocycles. The van der Waals surface area contributed by atoms with Crippen molar-refractivity contribution < 1.29 is 14.6 Å². The quantitative estimate of drug-likeness (QED) is 0.814. The first-order valence-corrected chi connectivity index (χ1v) is 6.72. The molecule has 0 aromatic carbocycles. The van der Waals surface area contributed by atoms with Crippen LogP contribution in [0.4, 0.5) is 0 Å². The third-order valence-electron chi connectivity index (χ3n) is 3.48. The second kappa shape index (κ2) is 5.90. The predicted octanol–water partition coefficient (Wildman–Crippen LogP) is 0.498. The highest BCUT2D eigenvalue weighted by Gasteiger charge is 2.34. The summed E-state index contributed by atoms with van der Waals surface area (Å²) in [7, 11) is 1.60. The minimum Gasteiger partial charge on any atom is -0.493 e. The minimum atomic E-state index is -1.00. The van der Waals surface area contributed by atoms with Crippen molar-refractivity contribution in [2.75, 3.05) is 26.9 Å². The van der Waals surface area contributed by atoms with E-state index in [2.05, 4.69) is 10.4 Å². The predicted molar refractivity (Wildman–Crippen MR) is 71.3 cm³/mol. The van der Waals surface area contributed by atoms with Gasteiger partial charge in [0, 0.05) is 19.1 Å². The first kappa shape index (κ1) is 14.3. The highest BCUT2D eigenvalue weighted by Crippen LogP contribution is 2.33. The topological polar surface area (TPSA) is 68.5 Å². The lowest BCUT2D eigenvalue weighted by atomic mass is 9.92. The Hall–Kier alpha value is -1.11. The number of ether oxygens (including phenoxy) is 2. The summed E-state index contributed by atoms with van der Waals surface area (Å²) in [4.78, 5) is 0. The Bertz CT molecular complexity index is 390. The van der Waals surface area contributed by atoms with Crippen LogP contribution in [0.5, 0.6) is 5.75 Å². The normalized spacial score (nSPS) is 23.1. The summed E-state index contributed by atoms with van der Waals surface area (Å²) < 4.78 is 12.5. The van der Waals surface area contributed by atoms with Gasteiger partial charge >= 0.3 is 0 Å². The third-order valence-corrected chi connectivity index (χ3v) is 3.48. The summed E-state index contributed by atoms with van der Waals surface area (Å²) in [6.45, 7) is 6.67. The molecule has 0 spiro atoms. The molecule has 0 radical (unpaired) electrons. The maximum Gasteiger partial charge on any atom is 0.162 e. The van der Waals surface area contributed by atoms with E-state index in [4.69, 9.17) is 9.47 Å². The van der Waals surface area contributed by atoms with Crippen molar-refractivity contribution in [2.24, 2.45) is 0 Å². The molecular formula is C13H23N3O3. The van der Waals surface area contributed by atoms with Crippen molar-refractivity contribution in [1.29, 1.82) is 0 Å². The molecule has 2 atom stereocenters. The highest BCUT2D eigenvalue weighted by molar-refractivity contribution is 5.30. The maximum absolute atomic E-state index is 10.8. The summed E-state index contributed by atoms with van der Waals surface area (Å²) in [5.41, 5.74) is -0.277. The van der Waals surface area contributed by atoms with E-state index in [9.17, 15) is 5.11 Å². The molecule has 6 nitrogen and oxygen atoms in total. The number of morpholine rings is 1. The van der Waals surface area contributed by atoms with E-state index in [1.807, 2.05) is 6.92 Å². The third kappa shape index (κ3) is 3.08. The van der Waals surface area contributed by atoms with Crippen LogP contribution in [0.2, 0.25) is 0 Å². The molecule has 2 rings (SSSR count). The van der Waals surface area contributed by atoms with Crippen LogP contribution in [0.15, 0.2) is 6.20 Å². The van der Waals surface area contributed by atoms with Crippen molar-refractivity contribution in [2.45, 2.75) is 38.5 Å². The number of nitrogens with zero attached hydrogens (tertiary/aromatic N) is 2. The smallest absolute Gasteiger partial charge is 0.162 e. The van der Waals surface area contributed by atoms with Crippen LogP contribution in [0, 0.1) is 0 Å². The average molecular weight is 269 g/mol. The number of rotatable bonds is 5. The monoisotopic (exact) mass is 269 g/mol. The molecule has 0 aliphatic carbocycles. The first-order chi connectivity index (χ1) is 9.08. The van der Waals surface area contributed by atoms with Crippen molar-refractivity contribution in [1.82, 2.24) is 15.1 Å². The second-order valence-corrected chi connectivity index (χ2v) is 5.08. The van der Waals surface area contributed by atoms with Gasteiger partial charge in [0.05, 0.1) is 26.5 Å². The number of nitrogens with one attached hydrogen (secondary N) is 1. The summed E-state index contributed by atoms with van der Waals surface area (Å²) in [6.07, 6.45) is 2.22. The lowest BCUT2D eigenvalue weighted by molar-refractivity contribution is -0.00369. The van der Waals surface area contributed by atoms with Crippen molar-refractivity contribution in [3.8, 4) is 5.75 Å². The number of methoxy groups -OCH3 is 1. The molecule has 2 N–H and O–H groups in total. The zero-order chi connectivity index (χ0) is 13.9. The summed E-state index contributed by atoms with van der Waals surface area (Å²) in [5.74, 6) is 0.628. The van der Waals surface area contributed by atoms with Crippen LogP contribution in [0.25, 0.3) is 0 Å². The van der Waals surface area contributed by atoms with Crippen LogP contribution in [0.1, 0.15) is 26.0 Å². The summed E-state index contributed by atoms with van der Waals surface area (Å²) in [5, 5.41) is 18.4. The molecule has 1 aromatic rings. The fraction of sp³-hybridized carbons (Fsp3) is 0.769. The molecule has 108 valence electrons. The lowest BCUT2D eigenvalue weighted by Crippen LogP contribution is -2.45. The Morgan fingerprint density at radius 3 is 3.05 bits per heavy atom. The number of aryl methyl sites for hydroxylation is 1. The molecule has 1 aliphatic heterocycles. The highest BCUT2D eigenvalue weighted by atomic mass is 16.5. The zero-order valence-corrected chi connectivity index (χ0v) is 11.8. The molecule has 2 unspecified atom stereocenters. The van der Waals surface area contributed by atoms with Crippen molar-refractivity contribution in [3.63, 3.8) is 0 Å². The maximum atomic E-state index is 10.8. The van der Waals surface area contributed by atoms with Crippen LogP contribution in [0.3, 0.4) is 0 Å². The number of aromatic nitrogens is 2. The van der Waals surface area contributed by atoms with Gasteiger partial charge in [-0.05, 0) is 20.3 Å². The van der Waals surface area contributed by atoms with Gasteiger partial charge in [-0.3, -0.25) is 4.68 Å². The Labute approximate surface area is 113 Å². The van der Waals surface area contributed by atoms with Gasteiger partial charge in [-0.15, -0.1) is 0 Å². The van der Waals surface area contributed by atoms with E-state index in [-0.39, 0.29) is 6.04 Å². The van der Waals surface area contributed by atoms with Crippen LogP contribution >= 0.6 is 0 Å². The number of aliphatic hydroxyl groups is 1. The molecule has 0 amide bonds. The molecule has 1 aliphatic rings. The Morgan fingerprint density at radius 2 is 2.47 bits per heavy atom. The molecular weight excluding hydrogens is 246 g/mol. The molecule has 6 heteroatoms. The Balaban J connectivity index is 2.19. The zero-order valence-electron chi connectivity index (χ0n) is 11.8. The number of hydrogen-bond donors (Lipinski definition) is 2. The first-order valence-electron chi connectivity index (χ1n) is 6.72. The van der Waals surface area contributed by atoms with Crippen LogP contribution in [-0.2, 0) is 16.9 Å². The summed E-state index contributed by atoms with van der Waals surface area (Å²) in [6, 6.07) is 0.147. The SMILES string of the molecule is CCn1ncc(OC)c1C(C)(O)CC1COCCN1. The van der Waals surface area contributed by atoms with Gasteiger partial charge in [-0.25, -0.2) is 0 Å². The summed E-state index contributed by atoms with van der Waals surface area (Å²) >= 11 is 0. The largest absolute Gasteiger partial charge is 0.493 e. The number of hydrogen-bond acceptors (Lipinski definition) is 5. The van der Waals surface area contributed by atoms with E-state index >= 15 is 0 Å². The van der Waals surface area contributed by atoms with Gasteiger partial charge in [-0.1, -0.05) is 0 Å².